The van der Waals surface area contributed by atoms with E-state index in [1.807, 2.05) is 31.2 Å². The standard InChI is InChI=1S/C16H15BrClN3O2S2/c1-10-16(20-25(22,23)15-8-7-14(17)24-15)11(2)21(19-10)9-12-3-5-13(18)6-4-12/h3-8,20H,9H2,1-2H3. The van der Waals surface area contributed by atoms with Crippen molar-refractivity contribution < 1.29 is 8.42 Å². The highest BCUT2D eigenvalue weighted by atomic mass is 79.9. The normalized spacial score (nSPS) is 11.7. The Hall–Kier alpha value is -1.35. The fourth-order valence-corrected chi connectivity index (χ4v) is 5.70. The number of aromatic nitrogens is 2. The number of hydrogen-bond acceptors (Lipinski definition) is 4. The van der Waals surface area contributed by atoms with Gasteiger partial charge in [-0.05, 0) is 59.6 Å². The summed E-state index contributed by atoms with van der Waals surface area (Å²) in [5.41, 5.74) is 2.93. The molecule has 2 heterocycles. The van der Waals surface area contributed by atoms with E-state index in [9.17, 15) is 8.42 Å². The van der Waals surface area contributed by atoms with Gasteiger partial charge in [0.05, 0.1) is 27.4 Å². The van der Waals surface area contributed by atoms with E-state index >= 15 is 0 Å². The first-order valence-corrected chi connectivity index (χ1v) is 10.8. The molecule has 0 aliphatic carbocycles. The molecule has 25 heavy (non-hydrogen) atoms. The van der Waals surface area contributed by atoms with Crippen molar-refractivity contribution in [3.05, 3.63) is 62.2 Å². The highest BCUT2D eigenvalue weighted by Crippen LogP contribution is 2.29. The van der Waals surface area contributed by atoms with Crippen LogP contribution in [0.25, 0.3) is 0 Å². The number of nitrogens with one attached hydrogen (secondary N) is 1. The number of rotatable bonds is 5. The molecule has 0 radical (unpaired) electrons. The number of anilines is 1. The van der Waals surface area contributed by atoms with Gasteiger partial charge >= 0.3 is 0 Å². The second-order valence-electron chi connectivity index (χ2n) is 5.49. The third-order valence-electron chi connectivity index (χ3n) is 3.68. The van der Waals surface area contributed by atoms with Crippen LogP contribution < -0.4 is 4.72 Å². The predicted molar refractivity (Wildman–Crippen MR) is 105 cm³/mol. The topological polar surface area (TPSA) is 64.0 Å². The molecule has 0 spiro atoms. The van der Waals surface area contributed by atoms with Gasteiger partial charge in [0.1, 0.15) is 4.21 Å². The van der Waals surface area contributed by atoms with Gasteiger partial charge in [0.25, 0.3) is 10.0 Å². The lowest BCUT2D eigenvalue weighted by Gasteiger charge is -2.08. The van der Waals surface area contributed by atoms with Gasteiger partial charge < -0.3 is 0 Å². The number of thiophene rings is 1. The summed E-state index contributed by atoms with van der Waals surface area (Å²) >= 11 is 10.4. The van der Waals surface area contributed by atoms with Gasteiger partial charge in [-0.3, -0.25) is 9.40 Å². The van der Waals surface area contributed by atoms with E-state index in [0.29, 0.717) is 22.9 Å². The van der Waals surface area contributed by atoms with Crippen molar-refractivity contribution in [3.8, 4) is 0 Å². The van der Waals surface area contributed by atoms with Crippen molar-refractivity contribution in [2.45, 2.75) is 24.6 Å². The van der Waals surface area contributed by atoms with Crippen LogP contribution in [0.3, 0.4) is 0 Å². The third-order valence-corrected chi connectivity index (χ3v) is 7.39. The second-order valence-corrected chi connectivity index (χ2v) is 10.3. The maximum absolute atomic E-state index is 12.6. The lowest BCUT2D eigenvalue weighted by molar-refractivity contribution is 0.603. The molecule has 1 N–H and O–H groups in total. The number of hydrogen-bond donors (Lipinski definition) is 1. The summed E-state index contributed by atoms with van der Waals surface area (Å²) in [7, 11) is -3.63. The summed E-state index contributed by atoms with van der Waals surface area (Å²) in [6, 6.07) is 10.8. The molecule has 0 unspecified atom stereocenters. The molecule has 9 heteroatoms. The van der Waals surface area contributed by atoms with Crippen LogP contribution in [0.4, 0.5) is 5.69 Å². The van der Waals surface area contributed by atoms with Gasteiger partial charge in [0, 0.05) is 5.02 Å². The van der Waals surface area contributed by atoms with E-state index in [0.717, 1.165) is 26.4 Å². The molecule has 132 valence electrons. The zero-order valence-electron chi connectivity index (χ0n) is 13.5. The van der Waals surface area contributed by atoms with E-state index in [-0.39, 0.29) is 4.21 Å². The van der Waals surface area contributed by atoms with Crippen LogP contribution in [0.5, 0.6) is 0 Å². The highest BCUT2D eigenvalue weighted by molar-refractivity contribution is 9.11. The Balaban J connectivity index is 1.88. The monoisotopic (exact) mass is 459 g/mol. The largest absolute Gasteiger partial charge is 0.275 e. The summed E-state index contributed by atoms with van der Waals surface area (Å²) in [5.74, 6) is 0. The quantitative estimate of drug-likeness (QED) is 0.593. The molecule has 0 fully saturated rings. The van der Waals surface area contributed by atoms with E-state index in [1.165, 1.54) is 0 Å². The van der Waals surface area contributed by atoms with Gasteiger partial charge in [-0.1, -0.05) is 23.7 Å². The maximum atomic E-state index is 12.6. The molecule has 2 aromatic heterocycles. The van der Waals surface area contributed by atoms with Crippen LogP contribution in [-0.4, -0.2) is 18.2 Å². The van der Waals surface area contributed by atoms with Gasteiger partial charge in [-0.15, -0.1) is 11.3 Å². The second kappa shape index (κ2) is 7.11. The summed E-state index contributed by atoms with van der Waals surface area (Å²) < 4.78 is 30.6. The van der Waals surface area contributed by atoms with Gasteiger partial charge in [0.2, 0.25) is 0 Å². The van der Waals surface area contributed by atoms with Crippen LogP contribution >= 0.6 is 38.9 Å². The first-order chi connectivity index (χ1) is 11.8. The Kier molecular flexibility index (Phi) is 5.24. The third kappa shape index (κ3) is 4.08. The van der Waals surface area contributed by atoms with Crippen molar-refractivity contribution in [2.75, 3.05) is 4.72 Å². The van der Waals surface area contributed by atoms with E-state index in [1.54, 1.807) is 23.7 Å². The number of nitrogens with zero attached hydrogens (tertiary/aromatic N) is 2. The van der Waals surface area contributed by atoms with Crippen molar-refractivity contribution in [3.63, 3.8) is 0 Å². The maximum Gasteiger partial charge on any atom is 0.271 e. The lowest BCUT2D eigenvalue weighted by atomic mass is 10.2. The Bertz CT molecular complexity index is 1010. The van der Waals surface area contributed by atoms with E-state index in [2.05, 4.69) is 25.8 Å². The molecule has 0 bridgehead atoms. The molecule has 3 rings (SSSR count). The molecule has 0 atom stereocenters. The SMILES string of the molecule is Cc1nn(Cc2ccc(Cl)cc2)c(C)c1NS(=O)(=O)c1ccc(Br)s1. The first kappa shape index (κ1) is 18.4. The number of sulfonamides is 1. The highest BCUT2D eigenvalue weighted by Gasteiger charge is 2.21. The van der Waals surface area contributed by atoms with Crippen molar-refractivity contribution in [1.29, 1.82) is 0 Å². The van der Waals surface area contributed by atoms with Crippen LogP contribution in [0.1, 0.15) is 17.0 Å². The molecule has 0 aliphatic heterocycles. The summed E-state index contributed by atoms with van der Waals surface area (Å²) in [4.78, 5) is 0. The molecule has 1 aromatic carbocycles. The number of benzene rings is 1. The number of aryl methyl sites for hydroxylation is 1. The van der Waals surface area contributed by atoms with Crippen molar-refractivity contribution in [2.24, 2.45) is 0 Å². The average molecular weight is 461 g/mol. The fraction of sp³-hybridized carbons (Fsp3) is 0.188. The predicted octanol–water partition coefficient (Wildman–Crippen LogP) is 4.83. The molecule has 5 nitrogen and oxygen atoms in total. The number of halogens is 2. The smallest absolute Gasteiger partial charge is 0.271 e. The van der Waals surface area contributed by atoms with Crippen LogP contribution in [0.15, 0.2) is 44.4 Å². The summed E-state index contributed by atoms with van der Waals surface area (Å²) in [6.45, 7) is 4.17. The van der Waals surface area contributed by atoms with Crippen LogP contribution in [0.2, 0.25) is 5.02 Å². The molecule has 3 aromatic rings. The average Bonchev–Trinajstić information content (AvgIpc) is 3.09. The Morgan fingerprint density at radius 1 is 1.20 bits per heavy atom. The Labute approximate surface area is 163 Å². The van der Waals surface area contributed by atoms with Gasteiger partial charge in [0.15, 0.2) is 0 Å². The molecule has 0 saturated carbocycles. The zero-order valence-corrected chi connectivity index (χ0v) is 17.4. The van der Waals surface area contributed by atoms with Crippen LogP contribution in [0, 0.1) is 13.8 Å². The van der Waals surface area contributed by atoms with Crippen LogP contribution in [-0.2, 0) is 16.6 Å². The molecule has 0 aliphatic rings. The lowest BCUT2D eigenvalue weighted by Crippen LogP contribution is -2.13. The van der Waals surface area contributed by atoms with E-state index in [4.69, 9.17) is 11.6 Å². The zero-order chi connectivity index (χ0) is 18.2. The summed E-state index contributed by atoms with van der Waals surface area (Å²) in [5, 5.41) is 5.14. The minimum absolute atomic E-state index is 0.253. The van der Waals surface area contributed by atoms with Gasteiger partial charge in [-0.2, -0.15) is 5.10 Å². The van der Waals surface area contributed by atoms with Crippen molar-refractivity contribution in [1.82, 2.24) is 9.78 Å². The summed E-state index contributed by atoms with van der Waals surface area (Å²) in [6.07, 6.45) is 0. The molecular formula is C16H15BrClN3O2S2. The first-order valence-electron chi connectivity index (χ1n) is 7.33. The van der Waals surface area contributed by atoms with Crippen molar-refractivity contribution >= 4 is 54.6 Å². The fourth-order valence-electron chi connectivity index (χ4n) is 2.39. The molecule has 0 amide bonds. The van der Waals surface area contributed by atoms with Gasteiger partial charge in [-0.25, -0.2) is 8.42 Å². The minimum Gasteiger partial charge on any atom is -0.275 e. The minimum atomic E-state index is -3.63. The molecule has 0 saturated heterocycles. The molecular weight excluding hydrogens is 446 g/mol. The Morgan fingerprint density at radius 2 is 1.88 bits per heavy atom. The Morgan fingerprint density at radius 3 is 2.48 bits per heavy atom. The van der Waals surface area contributed by atoms with E-state index < -0.39 is 10.0 Å².